The summed E-state index contributed by atoms with van der Waals surface area (Å²) in [6, 6.07) is 4.69. The molecule has 45 heavy (non-hydrogen) atoms. The standard InChI is InChI=1S/C31H31ClFN7O4S/c1-39-8-9-43-15(11-39)12-44-31-37-26-24(29(38-31)36-21-4-3-7-40(2)30(21)41)19-14-42-13-18(19)22(25(26)32)16-5-6-20(33)27-23(16)17(10-34)28(35)45-27/h5-6,15,21H,3-4,7-9,11-14,35H2,1-2H3,(H,36,37,38). The number of fused-ring (bicyclic) bond motifs is 4. The first-order chi connectivity index (χ1) is 21.7. The lowest BCUT2D eigenvalue weighted by Crippen LogP contribution is -2.45. The van der Waals surface area contributed by atoms with E-state index in [-0.39, 0.29) is 58.1 Å². The lowest BCUT2D eigenvalue weighted by Gasteiger charge is -2.31. The molecule has 1 amide bonds. The number of nitrogens with zero attached hydrogens (tertiary/aromatic N) is 5. The number of likely N-dealkylation sites (N-methyl/N-ethyl adjacent to an activating group) is 2. The molecule has 2 saturated heterocycles. The van der Waals surface area contributed by atoms with Crippen molar-refractivity contribution in [2.75, 3.05) is 58.0 Å². The van der Waals surface area contributed by atoms with Crippen molar-refractivity contribution in [2.24, 2.45) is 0 Å². The number of hydrogen-bond donors (Lipinski definition) is 2. The molecule has 7 rings (SSSR count). The Hall–Kier alpha value is -3.80. The van der Waals surface area contributed by atoms with Crippen LogP contribution in [0.25, 0.3) is 32.1 Å². The SMILES string of the molecule is CN1CCOC(COc2nc(NC3CCCN(C)C3=O)c3c4c(c(-c5ccc(F)c6sc(N)c(C#N)c56)c(Cl)c3n2)COC4)C1. The minimum Gasteiger partial charge on any atom is -0.461 e. The number of nitrogens with two attached hydrogens (primary N) is 1. The van der Waals surface area contributed by atoms with Gasteiger partial charge in [-0.3, -0.25) is 4.79 Å². The molecule has 2 unspecified atom stereocenters. The number of hydrogen-bond acceptors (Lipinski definition) is 11. The molecular weight excluding hydrogens is 621 g/mol. The zero-order valence-electron chi connectivity index (χ0n) is 24.8. The number of nitrogens with one attached hydrogen (secondary N) is 1. The highest BCUT2D eigenvalue weighted by molar-refractivity contribution is 7.23. The summed E-state index contributed by atoms with van der Waals surface area (Å²) in [4.78, 5) is 26.5. The van der Waals surface area contributed by atoms with E-state index in [1.807, 2.05) is 7.05 Å². The molecule has 4 aromatic rings. The van der Waals surface area contributed by atoms with Gasteiger partial charge in [-0.1, -0.05) is 17.7 Å². The number of rotatable bonds is 6. The Balaban J connectivity index is 1.42. The fraction of sp³-hybridized carbons (Fsp3) is 0.419. The molecule has 11 nitrogen and oxygen atoms in total. The van der Waals surface area contributed by atoms with Crippen LogP contribution in [-0.2, 0) is 27.5 Å². The number of morpholine rings is 1. The van der Waals surface area contributed by atoms with Crippen LogP contribution in [0, 0.1) is 17.1 Å². The zero-order valence-corrected chi connectivity index (χ0v) is 26.4. The van der Waals surface area contributed by atoms with Gasteiger partial charge in [0.2, 0.25) is 5.91 Å². The van der Waals surface area contributed by atoms with Crippen LogP contribution in [0.15, 0.2) is 12.1 Å². The van der Waals surface area contributed by atoms with Crippen LogP contribution < -0.4 is 15.8 Å². The van der Waals surface area contributed by atoms with E-state index in [9.17, 15) is 14.4 Å². The third-order valence-electron chi connectivity index (χ3n) is 8.69. The average Bonchev–Trinajstić information content (AvgIpc) is 3.64. The van der Waals surface area contributed by atoms with Crippen LogP contribution in [0.2, 0.25) is 5.02 Å². The van der Waals surface area contributed by atoms with Gasteiger partial charge in [-0.05, 0) is 42.6 Å². The highest BCUT2D eigenvalue weighted by atomic mass is 35.5. The van der Waals surface area contributed by atoms with Gasteiger partial charge in [-0.25, -0.2) is 4.39 Å². The zero-order chi connectivity index (χ0) is 31.4. The van der Waals surface area contributed by atoms with E-state index < -0.39 is 11.9 Å². The van der Waals surface area contributed by atoms with Crippen molar-refractivity contribution < 1.29 is 23.4 Å². The van der Waals surface area contributed by atoms with E-state index in [1.54, 1.807) is 18.0 Å². The lowest BCUT2D eigenvalue weighted by molar-refractivity contribution is -0.132. The number of anilines is 2. The van der Waals surface area contributed by atoms with Crippen molar-refractivity contribution in [3.8, 4) is 23.2 Å². The second kappa shape index (κ2) is 11.9. The van der Waals surface area contributed by atoms with Gasteiger partial charge in [-0.2, -0.15) is 15.2 Å². The summed E-state index contributed by atoms with van der Waals surface area (Å²) in [5, 5.41) is 14.9. The smallest absolute Gasteiger partial charge is 0.319 e. The van der Waals surface area contributed by atoms with Gasteiger partial charge in [0.05, 0.1) is 46.0 Å². The highest BCUT2D eigenvalue weighted by Crippen LogP contribution is 2.49. The molecule has 0 bridgehead atoms. The van der Waals surface area contributed by atoms with E-state index in [2.05, 4.69) is 16.3 Å². The number of halogens is 2. The Morgan fingerprint density at radius 1 is 1.24 bits per heavy atom. The van der Waals surface area contributed by atoms with Crippen molar-refractivity contribution in [3.63, 3.8) is 0 Å². The van der Waals surface area contributed by atoms with Crippen LogP contribution in [0.4, 0.5) is 15.2 Å². The van der Waals surface area contributed by atoms with Gasteiger partial charge in [0.25, 0.3) is 0 Å². The molecule has 0 saturated carbocycles. The Bertz CT molecular complexity index is 1900. The van der Waals surface area contributed by atoms with Gasteiger partial charge in [0.15, 0.2) is 0 Å². The van der Waals surface area contributed by atoms with Crippen LogP contribution in [0.3, 0.4) is 0 Å². The minimum atomic E-state index is -0.495. The Morgan fingerprint density at radius 3 is 2.87 bits per heavy atom. The van der Waals surface area contributed by atoms with Gasteiger partial charge in [0, 0.05) is 37.6 Å². The van der Waals surface area contributed by atoms with Crippen molar-refractivity contribution in [3.05, 3.63) is 39.7 Å². The number of ether oxygens (including phenoxy) is 3. The van der Waals surface area contributed by atoms with Gasteiger partial charge >= 0.3 is 6.01 Å². The number of nitrogen functional groups attached to an aromatic ring is 1. The van der Waals surface area contributed by atoms with Crippen molar-refractivity contribution in [1.29, 1.82) is 5.26 Å². The third kappa shape index (κ3) is 5.20. The Labute approximate surface area is 267 Å². The second-order valence-corrected chi connectivity index (χ2v) is 13.1. The highest BCUT2D eigenvalue weighted by Gasteiger charge is 2.33. The molecule has 2 fully saturated rings. The lowest BCUT2D eigenvalue weighted by atomic mass is 9.91. The molecule has 234 valence electrons. The normalized spacial score (nSPS) is 20.5. The number of carbonyl (C=O) groups excluding carboxylic acids is 1. The van der Waals surface area contributed by atoms with E-state index in [0.29, 0.717) is 59.4 Å². The molecule has 3 aliphatic heterocycles. The Kier molecular flexibility index (Phi) is 7.87. The summed E-state index contributed by atoms with van der Waals surface area (Å²) in [6.07, 6.45) is 1.31. The molecule has 3 aliphatic rings. The summed E-state index contributed by atoms with van der Waals surface area (Å²) in [5.41, 5.74) is 9.45. The summed E-state index contributed by atoms with van der Waals surface area (Å²) in [5.74, 6) is -0.0845. The maximum Gasteiger partial charge on any atom is 0.319 e. The van der Waals surface area contributed by atoms with E-state index in [1.165, 1.54) is 6.07 Å². The van der Waals surface area contributed by atoms with Crippen LogP contribution in [0.5, 0.6) is 6.01 Å². The minimum absolute atomic E-state index is 0.0301. The molecule has 2 atom stereocenters. The number of likely N-dealkylation sites (tertiary alicyclic amines) is 1. The van der Waals surface area contributed by atoms with Gasteiger partial charge in [-0.15, -0.1) is 11.3 Å². The predicted octanol–water partition coefficient (Wildman–Crippen LogP) is 4.53. The van der Waals surface area contributed by atoms with E-state index in [0.717, 1.165) is 35.4 Å². The van der Waals surface area contributed by atoms with Gasteiger partial charge in [0.1, 0.15) is 41.5 Å². The molecule has 2 aromatic carbocycles. The fourth-order valence-electron chi connectivity index (χ4n) is 6.44. The molecule has 0 radical (unpaired) electrons. The third-order valence-corrected chi connectivity index (χ3v) is 10.1. The molecular formula is C31H31ClFN7O4S. The van der Waals surface area contributed by atoms with Crippen molar-refractivity contribution in [1.82, 2.24) is 19.8 Å². The maximum absolute atomic E-state index is 15.0. The summed E-state index contributed by atoms with van der Waals surface area (Å²) in [6.45, 7) is 3.52. The molecule has 14 heteroatoms. The average molecular weight is 652 g/mol. The van der Waals surface area contributed by atoms with Crippen molar-refractivity contribution >= 4 is 60.7 Å². The maximum atomic E-state index is 15.0. The summed E-state index contributed by atoms with van der Waals surface area (Å²) < 4.78 is 33.2. The van der Waals surface area contributed by atoms with Gasteiger partial charge < -0.3 is 35.1 Å². The first-order valence-electron chi connectivity index (χ1n) is 14.7. The van der Waals surface area contributed by atoms with Crippen LogP contribution in [0.1, 0.15) is 29.5 Å². The monoisotopic (exact) mass is 651 g/mol. The Morgan fingerprint density at radius 2 is 2.07 bits per heavy atom. The number of thiophene rings is 1. The first kappa shape index (κ1) is 29.9. The van der Waals surface area contributed by atoms with Crippen LogP contribution >= 0.6 is 22.9 Å². The molecule has 0 aliphatic carbocycles. The number of amides is 1. The number of aromatic nitrogens is 2. The van der Waals surface area contributed by atoms with Crippen LogP contribution in [-0.4, -0.2) is 84.8 Å². The summed E-state index contributed by atoms with van der Waals surface area (Å²) in [7, 11) is 3.81. The predicted molar refractivity (Wildman–Crippen MR) is 170 cm³/mol. The number of nitriles is 1. The topological polar surface area (TPSA) is 139 Å². The van der Waals surface area contributed by atoms with E-state index >= 15 is 0 Å². The molecule has 0 spiro atoms. The van der Waals surface area contributed by atoms with Crippen molar-refractivity contribution in [2.45, 2.75) is 38.2 Å². The molecule has 3 N–H and O–H groups in total. The second-order valence-electron chi connectivity index (χ2n) is 11.6. The quantitative estimate of drug-likeness (QED) is 0.306. The number of piperidine rings is 1. The fourth-order valence-corrected chi connectivity index (χ4v) is 7.74. The number of benzene rings is 2. The summed E-state index contributed by atoms with van der Waals surface area (Å²) >= 11 is 8.29. The largest absolute Gasteiger partial charge is 0.461 e. The molecule has 5 heterocycles. The molecule has 2 aromatic heterocycles. The van der Waals surface area contributed by atoms with E-state index in [4.69, 9.17) is 41.5 Å². The first-order valence-corrected chi connectivity index (χ1v) is 15.9. The number of carbonyl (C=O) groups is 1.